The molecule has 0 saturated heterocycles. The van der Waals surface area contributed by atoms with Crippen LogP contribution in [0.4, 0.5) is 0 Å². The van der Waals surface area contributed by atoms with Gasteiger partial charge in [-0.1, -0.05) is 43.7 Å². The van der Waals surface area contributed by atoms with Crippen LogP contribution in [0.15, 0.2) is 42.6 Å². The first kappa shape index (κ1) is 12.6. The molecule has 0 aliphatic carbocycles. The fourth-order valence-electron chi connectivity index (χ4n) is 1.79. The first-order chi connectivity index (χ1) is 8.78. The van der Waals surface area contributed by atoms with Crippen molar-refractivity contribution in [2.75, 3.05) is 0 Å². The van der Waals surface area contributed by atoms with Gasteiger partial charge in [0.25, 0.3) is 0 Å². The fraction of sp³-hybridized carbons (Fsp3) is 0.312. The number of hydrogen-bond acceptors (Lipinski definition) is 2. The van der Waals surface area contributed by atoms with E-state index >= 15 is 0 Å². The van der Waals surface area contributed by atoms with Crippen molar-refractivity contribution in [1.29, 1.82) is 0 Å². The predicted molar refractivity (Wildman–Crippen MR) is 73.7 cm³/mol. The van der Waals surface area contributed by atoms with Crippen molar-refractivity contribution in [1.82, 2.24) is 4.98 Å². The third-order valence-corrected chi connectivity index (χ3v) is 2.83. The Morgan fingerprint density at radius 3 is 2.33 bits per heavy atom. The molecule has 1 aromatic heterocycles. The van der Waals surface area contributed by atoms with E-state index in [1.165, 1.54) is 17.5 Å². The molecular formula is C16H19NO. The highest BCUT2D eigenvalue weighted by atomic mass is 16.5. The van der Waals surface area contributed by atoms with Crippen molar-refractivity contribution in [2.24, 2.45) is 0 Å². The van der Waals surface area contributed by atoms with Gasteiger partial charge in [-0.15, -0.1) is 0 Å². The molecule has 0 fully saturated rings. The van der Waals surface area contributed by atoms with Gasteiger partial charge in [0.1, 0.15) is 6.61 Å². The summed E-state index contributed by atoms with van der Waals surface area (Å²) in [4.78, 5) is 4.22. The highest BCUT2D eigenvalue weighted by Crippen LogP contribution is 2.11. The molecule has 0 bridgehead atoms. The van der Waals surface area contributed by atoms with Crippen molar-refractivity contribution < 1.29 is 4.74 Å². The molecule has 2 heteroatoms. The van der Waals surface area contributed by atoms with Crippen molar-refractivity contribution in [2.45, 2.75) is 33.3 Å². The SMILES string of the molecule is CCCc1ccc(COc2ccc(C)cn2)cc1. The van der Waals surface area contributed by atoms with E-state index in [4.69, 9.17) is 4.74 Å². The van der Waals surface area contributed by atoms with Gasteiger partial charge in [0.05, 0.1) is 0 Å². The van der Waals surface area contributed by atoms with Crippen LogP contribution in [-0.4, -0.2) is 4.98 Å². The predicted octanol–water partition coefficient (Wildman–Crippen LogP) is 3.92. The van der Waals surface area contributed by atoms with Crippen LogP contribution in [0.25, 0.3) is 0 Å². The summed E-state index contributed by atoms with van der Waals surface area (Å²) < 4.78 is 5.64. The second-order valence-electron chi connectivity index (χ2n) is 4.53. The lowest BCUT2D eigenvalue weighted by molar-refractivity contribution is 0.294. The van der Waals surface area contributed by atoms with E-state index in [2.05, 4.69) is 36.2 Å². The van der Waals surface area contributed by atoms with Gasteiger partial charge < -0.3 is 4.74 Å². The summed E-state index contributed by atoms with van der Waals surface area (Å²) in [7, 11) is 0. The third-order valence-electron chi connectivity index (χ3n) is 2.83. The Labute approximate surface area is 109 Å². The van der Waals surface area contributed by atoms with Gasteiger partial charge in [0.2, 0.25) is 5.88 Å². The number of rotatable bonds is 5. The lowest BCUT2D eigenvalue weighted by Gasteiger charge is -2.06. The second-order valence-corrected chi connectivity index (χ2v) is 4.53. The fourth-order valence-corrected chi connectivity index (χ4v) is 1.79. The van der Waals surface area contributed by atoms with Crippen molar-refractivity contribution in [3.8, 4) is 5.88 Å². The van der Waals surface area contributed by atoms with Crippen LogP contribution in [-0.2, 0) is 13.0 Å². The molecule has 2 aromatic rings. The van der Waals surface area contributed by atoms with Gasteiger partial charge in [-0.2, -0.15) is 0 Å². The van der Waals surface area contributed by atoms with Gasteiger partial charge in [-0.05, 0) is 30.0 Å². The van der Waals surface area contributed by atoms with E-state index in [0.717, 1.165) is 12.0 Å². The zero-order valence-corrected chi connectivity index (χ0v) is 11.0. The molecule has 1 heterocycles. The standard InChI is InChI=1S/C16H19NO/c1-3-4-14-6-8-15(9-7-14)12-18-16-10-5-13(2)11-17-16/h5-11H,3-4,12H2,1-2H3. The quantitative estimate of drug-likeness (QED) is 0.791. The Morgan fingerprint density at radius 2 is 1.72 bits per heavy atom. The zero-order valence-electron chi connectivity index (χ0n) is 11.0. The molecule has 0 atom stereocenters. The molecule has 0 spiro atoms. The van der Waals surface area contributed by atoms with Gasteiger partial charge in [0, 0.05) is 12.3 Å². The highest BCUT2D eigenvalue weighted by Gasteiger charge is 1.97. The number of pyridine rings is 1. The van der Waals surface area contributed by atoms with E-state index in [0.29, 0.717) is 12.5 Å². The van der Waals surface area contributed by atoms with Gasteiger partial charge in [-0.25, -0.2) is 4.98 Å². The van der Waals surface area contributed by atoms with Crippen LogP contribution in [0, 0.1) is 6.92 Å². The minimum Gasteiger partial charge on any atom is -0.473 e. The molecule has 0 unspecified atom stereocenters. The molecule has 94 valence electrons. The summed E-state index contributed by atoms with van der Waals surface area (Å²) in [5, 5.41) is 0. The molecule has 2 nitrogen and oxygen atoms in total. The Bertz CT molecular complexity index is 473. The normalized spacial score (nSPS) is 10.3. The topological polar surface area (TPSA) is 22.1 Å². The highest BCUT2D eigenvalue weighted by molar-refractivity contribution is 5.23. The minimum atomic E-state index is 0.572. The molecule has 0 N–H and O–H groups in total. The smallest absolute Gasteiger partial charge is 0.213 e. The Kier molecular flexibility index (Phi) is 4.35. The van der Waals surface area contributed by atoms with E-state index in [-0.39, 0.29) is 0 Å². The molecule has 0 radical (unpaired) electrons. The van der Waals surface area contributed by atoms with Crippen molar-refractivity contribution in [3.05, 3.63) is 59.3 Å². The summed E-state index contributed by atoms with van der Waals surface area (Å²) >= 11 is 0. The summed E-state index contributed by atoms with van der Waals surface area (Å²) in [5.41, 5.74) is 3.71. The van der Waals surface area contributed by atoms with Crippen LogP contribution < -0.4 is 4.74 Å². The summed E-state index contributed by atoms with van der Waals surface area (Å²) in [6, 6.07) is 12.5. The molecule has 0 amide bonds. The van der Waals surface area contributed by atoms with Crippen molar-refractivity contribution in [3.63, 3.8) is 0 Å². The molecule has 18 heavy (non-hydrogen) atoms. The second kappa shape index (κ2) is 6.20. The van der Waals surface area contributed by atoms with Gasteiger partial charge >= 0.3 is 0 Å². The van der Waals surface area contributed by atoms with Crippen LogP contribution in [0.2, 0.25) is 0 Å². The maximum Gasteiger partial charge on any atom is 0.213 e. The van der Waals surface area contributed by atoms with E-state index < -0.39 is 0 Å². The van der Waals surface area contributed by atoms with E-state index in [1.54, 1.807) is 0 Å². The Balaban J connectivity index is 1.91. The maximum absolute atomic E-state index is 5.64. The first-order valence-electron chi connectivity index (χ1n) is 6.41. The molecule has 0 saturated carbocycles. The lowest BCUT2D eigenvalue weighted by Crippen LogP contribution is -1.97. The maximum atomic E-state index is 5.64. The number of ether oxygens (including phenoxy) is 1. The summed E-state index contributed by atoms with van der Waals surface area (Å²) in [6.07, 6.45) is 4.14. The Morgan fingerprint density at radius 1 is 1.00 bits per heavy atom. The van der Waals surface area contributed by atoms with Crippen LogP contribution in [0.3, 0.4) is 0 Å². The zero-order chi connectivity index (χ0) is 12.8. The number of nitrogens with zero attached hydrogens (tertiary/aromatic N) is 1. The minimum absolute atomic E-state index is 0.572. The number of benzene rings is 1. The summed E-state index contributed by atoms with van der Waals surface area (Å²) in [5.74, 6) is 0.679. The Hall–Kier alpha value is -1.83. The summed E-state index contributed by atoms with van der Waals surface area (Å²) in [6.45, 7) is 4.78. The van der Waals surface area contributed by atoms with Crippen LogP contribution in [0.5, 0.6) is 5.88 Å². The first-order valence-corrected chi connectivity index (χ1v) is 6.41. The number of hydrogen-bond donors (Lipinski definition) is 0. The third kappa shape index (κ3) is 3.59. The van der Waals surface area contributed by atoms with Gasteiger partial charge in [-0.3, -0.25) is 0 Å². The molecular weight excluding hydrogens is 222 g/mol. The average molecular weight is 241 g/mol. The van der Waals surface area contributed by atoms with Crippen LogP contribution in [0.1, 0.15) is 30.0 Å². The van der Waals surface area contributed by atoms with Gasteiger partial charge in [0.15, 0.2) is 0 Å². The average Bonchev–Trinajstić information content (AvgIpc) is 2.40. The molecule has 0 aliphatic rings. The number of aryl methyl sites for hydroxylation is 2. The monoisotopic (exact) mass is 241 g/mol. The van der Waals surface area contributed by atoms with E-state index in [1.807, 2.05) is 25.3 Å². The largest absolute Gasteiger partial charge is 0.473 e. The van der Waals surface area contributed by atoms with Crippen LogP contribution >= 0.6 is 0 Å². The number of aromatic nitrogens is 1. The van der Waals surface area contributed by atoms with Crippen molar-refractivity contribution >= 4 is 0 Å². The lowest BCUT2D eigenvalue weighted by atomic mass is 10.1. The molecule has 0 aliphatic heterocycles. The van der Waals surface area contributed by atoms with E-state index in [9.17, 15) is 0 Å². The molecule has 1 aromatic carbocycles. The molecule has 2 rings (SSSR count).